The number of urea groups is 1. The highest BCUT2D eigenvalue weighted by atomic mass is 32.1. The van der Waals surface area contributed by atoms with Gasteiger partial charge in [-0.15, -0.1) is 11.3 Å². The molecule has 1 aliphatic heterocycles. The predicted molar refractivity (Wildman–Crippen MR) is 98.1 cm³/mol. The number of anilines is 1. The van der Waals surface area contributed by atoms with Gasteiger partial charge in [0.25, 0.3) is 0 Å². The van der Waals surface area contributed by atoms with Gasteiger partial charge in [0.2, 0.25) is 0 Å². The number of nitrogens with one attached hydrogen (secondary N) is 2. The minimum Gasteiger partial charge on any atom is -0.442 e. The van der Waals surface area contributed by atoms with Gasteiger partial charge in [-0.1, -0.05) is 30.3 Å². The number of hydrogen-bond donors (Lipinski definition) is 2. The van der Waals surface area contributed by atoms with Gasteiger partial charge < -0.3 is 15.4 Å². The molecule has 1 unspecified atom stereocenters. The molecule has 132 valence electrons. The molecule has 1 atom stereocenters. The topological polar surface area (TPSA) is 70.7 Å². The third-order valence-electron chi connectivity index (χ3n) is 3.91. The first-order valence-electron chi connectivity index (χ1n) is 8.29. The summed E-state index contributed by atoms with van der Waals surface area (Å²) < 4.78 is 5.28. The number of hydrogen-bond acceptors (Lipinski definition) is 4. The van der Waals surface area contributed by atoms with E-state index in [1.165, 1.54) is 16.9 Å². The van der Waals surface area contributed by atoms with Crippen LogP contribution < -0.4 is 15.5 Å². The molecule has 7 heteroatoms. The summed E-state index contributed by atoms with van der Waals surface area (Å²) in [6, 6.07) is 13.7. The van der Waals surface area contributed by atoms with Gasteiger partial charge in [0.05, 0.1) is 13.1 Å². The molecule has 1 fully saturated rings. The summed E-state index contributed by atoms with van der Waals surface area (Å²) in [5.74, 6) is 0. The second-order valence-corrected chi connectivity index (χ2v) is 6.72. The molecular formula is C18H21N3O3S. The first kappa shape index (κ1) is 17.3. The molecule has 1 aromatic heterocycles. The Bertz CT molecular complexity index is 691. The first-order chi connectivity index (χ1) is 12.2. The SMILES string of the molecule is O=C(NCCCc1ccccc1)NCC1CN(c2cccs2)C(=O)O1. The molecule has 6 nitrogen and oxygen atoms in total. The number of aryl methyl sites for hydroxylation is 1. The van der Waals surface area contributed by atoms with E-state index in [1.54, 1.807) is 4.90 Å². The number of benzene rings is 1. The lowest BCUT2D eigenvalue weighted by molar-refractivity contribution is 0.140. The van der Waals surface area contributed by atoms with E-state index in [2.05, 4.69) is 22.8 Å². The smallest absolute Gasteiger partial charge is 0.415 e. The van der Waals surface area contributed by atoms with Gasteiger partial charge in [-0.05, 0) is 35.9 Å². The fourth-order valence-electron chi connectivity index (χ4n) is 2.64. The Morgan fingerprint density at radius 2 is 2.04 bits per heavy atom. The molecular weight excluding hydrogens is 338 g/mol. The van der Waals surface area contributed by atoms with Gasteiger partial charge in [0.15, 0.2) is 0 Å². The second-order valence-electron chi connectivity index (χ2n) is 5.79. The van der Waals surface area contributed by atoms with Crippen molar-refractivity contribution in [1.82, 2.24) is 10.6 Å². The second kappa shape index (κ2) is 8.53. The van der Waals surface area contributed by atoms with Crippen LogP contribution in [-0.4, -0.2) is 37.9 Å². The van der Waals surface area contributed by atoms with Crippen molar-refractivity contribution in [3.63, 3.8) is 0 Å². The van der Waals surface area contributed by atoms with Crippen molar-refractivity contribution in [1.29, 1.82) is 0 Å². The quantitative estimate of drug-likeness (QED) is 0.747. The maximum absolute atomic E-state index is 11.9. The third-order valence-corrected chi connectivity index (χ3v) is 4.80. The predicted octanol–water partition coefficient (Wildman–Crippen LogP) is 3.01. The number of ether oxygens (including phenoxy) is 1. The van der Waals surface area contributed by atoms with E-state index < -0.39 is 0 Å². The monoisotopic (exact) mass is 359 g/mol. The molecule has 0 radical (unpaired) electrons. The normalized spacial score (nSPS) is 16.6. The van der Waals surface area contributed by atoms with Gasteiger partial charge in [-0.2, -0.15) is 0 Å². The van der Waals surface area contributed by atoms with Gasteiger partial charge in [0, 0.05) is 6.54 Å². The number of amides is 3. The van der Waals surface area contributed by atoms with Crippen molar-refractivity contribution in [2.24, 2.45) is 0 Å². The summed E-state index contributed by atoms with van der Waals surface area (Å²) in [6.45, 7) is 1.36. The van der Waals surface area contributed by atoms with Crippen LogP contribution in [0.4, 0.5) is 14.6 Å². The Kier molecular flexibility index (Phi) is 5.90. The summed E-state index contributed by atoms with van der Waals surface area (Å²) >= 11 is 1.49. The number of nitrogens with zero attached hydrogens (tertiary/aromatic N) is 1. The van der Waals surface area contributed by atoms with E-state index in [9.17, 15) is 9.59 Å². The molecule has 2 N–H and O–H groups in total. The molecule has 2 aromatic rings. The summed E-state index contributed by atoms with van der Waals surface area (Å²) in [4.78, 5) is 25.3. The standard InChI is InChI=1S/C18H21N3O3S/c22-17(19-10-4-8-14-6-2-1-3-7-14)20-12-15-13-21(18(23)24-15)16-9-5-11-25-16/h1-3,5-7,9,11,15H,4,8,10,12-13H2,(H2,19,20,22). The Balaban J connectivity index is 1.32. The molecule has 0 aliphatic carbocycles. The summed E-state index contributed by atoms with van der Waals surface area (Å²) in [7, 11) is 0. The van der Waals surface area contributed by atoms with Crippen LogP contribution in [0, 0.1) is 0 Å². The fraction of sp³-hybridized carbons (Fsp3) is 0.333. The highest BCUT2D eigenvalue weighted by Crippen LogP contribution is 2.25. The zero-order valence-electron chi connectivity index (χ0n) is 13.8. The fourth-order valence-corrected chi connectivity index (χ4v) is 3.37. The van der Waals surface area contributed by atoms with Gasteiger partial charge in [0.1, 0.15) is 11.1 Å². The summed E-state index contributed by atoms with van der Waals surface area (Å²) in [6.07, 6.45) is 1.11. The van der Waals surface area contributed by atoms with Gasteiger partial charge >= 0.3 is 12.1 Å². The lowest BCUT2D eigenvalue weighted by Gasteiger charge is -2.11. The van der Waals surface area contributed by atoms with Crippen molar-refractivity contribution in [3.05, 3.63) is 53.4 Å². The first-order valence-corrected chi connectivity index (χ1v) is 9.17. The number of rotatable bonds is 7. The minimum absolute atomic E-state index is 0.237. The molecule has 0 bridgehead atoms. The van der Waals surface area contributed by atoms with Crippen LogP contribution in [0.5, 0.6) is 0 Å². The summed E-state index contributed by atoms with van der Waals surface area (Å²) in [5, 5.41) is 8.36. The average molecular weight is 359 g/mol. The number of carbonyl (C=O) groups excluding carboxylic acids is 2. The van der Waals surface area contributed by atoms with E-state index in [1.807, 2.05) is 35.7 Å². The van der Waals surface area contributed by atoms with Crippen LogP contribution in [0.2, 0.25) is 0 Å². The van der Waals surface area contributed by atoms with Crippen LogP contribution in [0.15, 0.2) is 47.8 Å². The number of cyclic esters (lactones) is 1. The largest absolute Gasteiger partial charge is 0.442 e. The van der Waals surface area contributed by atoms with Crippen LogP contribution in [0.3, 0.4) is 0 Å². The molecule has 1 aliphatic rings. The lowest BCUT2D eigenvalue weighted by atomic mass is 10.1. The molecule has 3 amide bonds. The van der Waals surface area contributed by atoms with Crippen molar-refractivity contribution in [2.75, 3.05) is 24.5 Å². The van der Waals surface area contributed by atoms with Crippen molar-refractivity contribution in [3.8, 4) is 0 Å². The van der Waals surface area contributed by atoms with Crippen molar-refractivity contribution < 1.29 is 14.3 Å². The van der Waals surface area contributed by atoms with Crippen molar-refractivity contribution >= 4 is 28.5 Å². The van der Waals surface area contributed by atoms with Crippen LogP contribution in [0.1, 0.15) is 12.0 Å². The van der Waals surface area contributed by atoms with E-state index >= 15 is 0 Å². The zero-order valence-corrected chi connectivity index (χ0v) is 14.6. The molecule has 2 heterocycles. The van der Waals surface area contributed by atoms with E-state index in [0.717, 1.165) is 17.8 Å². The Morgan fingerprint density at radius 1 is 1.20 bits per heavy atom. The van der Waals surface area contributed by atoms with Gasteiger partial charge in [-0.3, -0.25) is 4.90 Å². The maximum atomic E-state index is 11.9. The van der Waals surface area contributed by atoms with E-state index in [0.29, 0.717) is 19.6 Å². The molecule has 0 spiro atoms. The third kappa shape index (κ3) is 4.96. The molecule has 3 rings (SSSR count). The van der Waals surface area contributed by atoms with E-state index in [4.69, 9.17) is 4.74 Å². The zero-order chi connectivity index (χ0) is 17.5. The number of thiophene rings is 1. The lowest BCUT2D eigenvalue weighted by Crippen LogP contribution is -2.41. The van der Waals surface area contributed by atoms with Crippen LogP contribution >= 0.6 is 11.3 Å². The highest BCUT2D eigenvalue weighted by molar-refractivity contribution is 7.14. The number of carbonyl (C=O) groups is 2. The van der Waals surface area contributed by atoms with Crippen LogP contribution in [0.25, 0.3) is 0 Å². The molecule has 25 heavy (non-hydrogen) atoms. The van der Waals surface area contributed by atoms with Crippen LogP contribution in [-0.2, 0) is 11.2 Å². The molecule has 1 aromatic carbocycles. The highest BCUT2D eigenvalue weighted by Gasteiger charge is 2.32. The van der Waals surface area contributed by atoms with E-state index in [-0.39, 0.29) is 18.2 Å². The summed E-state index contributed by atoms with van der Waals surface area (Å²) in [5.41, 5.74) is 1.26. The average Bonchev–Trinajstić information content (AvgIpc) is 3.27. The minimum atomic E-state index is -0.363. The molecule has 0 saturated carbocycles. The maximum Gasteiger partial charge on any atom is 0.415 e. The Hall–Kier alpha value is -2.54. The van der Waals surface area contributed by atoms with Gasteiger partial charge in [-0.25, -0.2) is 9.59 Å². The van der Waals surface area contributed by atoms with Crippen molar-refractivity contribution in [2.45, 2.75) is 18.9 Å². The molecule has 1 saturated heterocycles. The Morgan fingerprint density at radius 3 is 2.80 bits per heavy atom. The Labute approximate surface area is 150 Å².